The van der Waals surface area contributed by atoms with Gasteiger partial charge in [-0.3, -0.25) is 4.98 Å². The smallest absolute Gasteiger partial charge is 0.0591 e. The number of hydrogen-bond acceptors (Lipinski definition) is 2. The molecule has 0 aliphatic carbocycles. The number of rotatable bonds is 4. The molecule has 1 heterocycles. The first-order valence-corrected chi connectivity index (χ1v) is 4.69. The third kappa shape index (κ3) is 4.63. The first-order chi connectivity index (χ1) is 6.08. The second-order valence-corrected chi connectivity index (χ2v) is 4.03. The molecule has 0 atom stereocenters. The van der Waals surface area contributed by atoms with E-state index in [0.29, 0.717) is 0 Å². The highest BCUT2D eigenvalue weighted by atomic mass is 16.3. The van der Waals surface area contributed by atoms with Crippen LogP contribution in [-0.4, -0.2) is 15.7 Å². The zero-order valence-electron chi connectivity index (χ0n) is 8.33. The van der Waals surface area contributed by atoms with Gasteiger partial charge in [-0.25, -0.2) is 0 Å². The van der Waals surface area contributed by atoms with Crippen LogP contribution in [0.4, 0.5) is 0 Å². The Morgan fingerprint density at radius 2 is 2.23 bits per heavy atom. The van der Waals surface area contributed by atoms with Gasteiger partial charge in [0.2, 0.25) is 0 Å². The van der Waals surface area contributed by atoms with Crippen LogP contribution in [0.15, 0.2) is 24.5 Å². The van der Waals surface area contributed by atoms with Crippen molar-refractivity contribution in [2.75, 3.05) is 0 Å². The molecule has 1 aromatic rings. The molecule has 0 saturated heterocycles. The van der Waals surface area contributed by atoms with Gasteiger partial charge in [0.1, 0.15) is 0 Å². The van der Waals surface area contributed by atoms with E-state index in [2.05, 4.69) is 11.1 Å². The molecule has 0 aliphatic heterocycles. The van der Waals surface area contributed by atoms with E-state index in [1.54, 1.807) is 6.20 Å². The van der Waals surface area contributed by atoms with Crippen molar-refractivity contribution >= 4 is 0 Å². The van der Waals surface area contributed by atoms with Crippen LogP contribution in [0.25, 0.3) is 0 Å². The topological polar surface area (TPSA) is 33.1 Å². The van der Waals surface area contributed by atoms with Gasteiger partial charge in [0.25, 0.3) is 0 Å². The van der Waals surface area contributed by atoms with E-state index in [9.17, 15) is 5.11 Å². The van der Waals surface area contributed by atoms with Crippen LogP contribution in [0.5, 0.6) is 0 Å². The minimum atomic E-state index is -0.539. The lowest BCUT2D eigenvalue weighted by molar-refractivity contribution is 0.0689. The summed E-state index contributed by atoms with van der Waals surface area (Å²) >= 11 is 0. The van der Waals surface area contributed by atoms with E-state index in [0.717, 1.165) is 19.3 Å². The van der Waals surface area contributed by atoms with Crippen LogP contribution < -0.4 is 0 Å². The summed E-state index contributed by atoms with van der Waals surface area (Å²) in [5, 5.41) is 9.48. The average Bonchev–Trinajstić information content (AvgIpc) is 2.04. The number of aromatic nitrogens is 1. The Balaban J connectivity index is 2.29. The van der Waals surface area contributed by atoms with Crippen LogP contribution in [0, 0.1) is 0 Å². The van der Waals surface area contributed by atoms with E-state index in [1.807, 2.05) is 26.1 Å². The summed E-state index contributed by atoms with van der Waals surface area (Å²) in [6, 6.07) is 4.01. The van der Waals surface area contributed by atoms with Crippen molar-refractivity contribution in [2.45, 2.75) is 38.7 Å². The molecule has 0 bridgehead atoms. The van der Waals surface area contributed by atoms with Crippen LogP contribution >= 0.6 is 0 Å². The summed E-state index contributed by atoms with van der Waals surface area (Å²) in [6.45, 7) is 3.69. The third-order valence-electron chi connectivity index (χ3n) is 1.98. The molecule has 1 N–H and O–H groups in total. The molecule has 0 spiro atoms. The monoisotopic (exact) mass is 179 g/mol. The van der Waals surface area contributed by atoms with Gasteiger partial charge in [-0.1, -0.05) is 6.07 Å². The lowest BCUT2D eigenvalue weighted by atomic mass is 10.00. The number of nitrogens with zero attached hydrogens (tertiary/aromatic N) is 1. The SMILES string of the molecule is CC(C)(O)CCCc1cccnc1. The van der Waals surface area contributed by atoms with Gasteiger partial charge in [-0.15, -0.1) is 0 Å². The van der Waals surface area contributed by atoms with Gasteiger partial charge in [0, 0.05) is 12.4 Å². The van der Waals surface area contributed by atoms with E-state index in [-0.39, 0.29) is 0 Å². The summed E-state index contributed by atoms with van der Waals surface area (Å²) in [4.78, 5) is 4.04. The summed E-state index contributed by atoms with van der Waals surface area (Å²) in [5.41, 5.74) is 0.703. The Labute approximate surface area is 79.6 Å². The van der Waals surface area contributed by atoms with Crippen molar-refractivity contribution in [1.29, 1.82) is 0 Å². The molecule has 2 nitrogen and oxygen atoms in total. The van der Waals surface area contributed by atoms with E-state index < -0.39 is 5.60 Å². The molecule has 13 heavy (non-hydrogen) atoms. The van der Waals surface area contributed by atoms with E-state index in [1.165, 1.54) is 5.56 Å². The van der Waals surface area contributed by atoms with Crippen molar-refractivity contribution in [3.63, 3.8) is 0 Å². The molecule has 0 aliphatic rings. The summed E-state index contributed by atoms with van der Waals surface area (Å²) < 4.78 is 0. The zero-order chi connectivity index (χ0) is 9.73. The lowest BCUT2D eigenvalue weighted by Crippen LogP contribution is -2.18. The quantitative estimate of drug-likeness (QED) is 0.768. The average molecular weight is 179 g/mol. The van der Waals surface area contributed by atoms with Crippen molar-refractivity contribution < 1.29 is 5.11 Å². The molecule has 0 aromatic carbocycles. The molecule has 1 rings (SSSR count). The fraction of sp³-hybridized carbons (Fsp3) is 0.545. The van der Waals surface area contributed by atoms with Crippen LogP contribution in [0.1, 0.15) is 32.3 Å². The van der Waals surface area contributed by atoms with Gasteiger partial charge in [-0.2, -0.15) is 0 Å². The zero-order valence-corrected chi connectivity index (χ0v) is 8.33. The van der Waals surface area contributed by atoms with Crippen LogP contribution in [-0.2, 0) is 6.42 Å². The number of aryl methyl sites for hydroxylation is 1. The predicted octanol–water partition coefficient (Wildman–Crippen LogP) is 2.18. The highest BCUT2D eigenvalue weighted by Crippen LogP contribution is 2.12. The van der Waals surface area contributed by atoms with Crippen LogP contribution in [0.3, 0.4) is 0 Å². The van der Waals surface area contributed by atoms with E-state index >= 15 is 0 Å². The van der Waals surface area contributed by atoms with Crippen LogP contribution in [0.2, 0.25) is 0 Å². The normalized spacial score (nSPS) is 11.6. The summed E-state index contributed by atoms with van der Waals surface area (Å²) in [6.07, 6.45) is 6.50. The second kappa shape index (κ2) is 4.38. The first-order valence-electron chi connectivity index (χ1n) is 4.69. The minimum Gasteiger partial charge on any atom is -0.390 e. The minimum absolute atomic E-state index is 0.539. The van der Waals surface area contributed by atoms with Crippen molar-refractivity contribution in [3.05, 3.63) is 30.1 Å². The molecular formula is C11H17NO. The molecule has 0 fully saturated rings. The summed E-state index contributed by atoms with van der Waals surface area (Å²) in [7, 11) is 0. The molecule has 72 valence electrons. The van der Waals surface area contributed by atoms with Crippen molar-refractivity contribution in [1.82, 2.24) is 4.98 Å². The fourth-order valence-corrected chi connectivity index (χ4v) is 1.27. The molecule has 0 unspecified atom stereocenters. The maximum absolute atomic E-state index is 9.48. The Morgan fingerprint density at radius 3 is 2.77 bits per heavy atom. The lowest BCUT2D eigenvalue weighted by Gasteiger charge is -2.16. The number of pyridine rings is 1. The van der Waals surface area contributed by atoms with Gasteiger partial charge in [-0.05, 0) is 44.7 Å². The standard InChI is InChI=1S/C11H17NO/c1-11(2,13)7-3-5-10-6-4-8-12-9-10/h4,6,8-9,13H,3,5,7H2,1-2H3. The van der Waals surface area contributed by atoms with Crippen molar-refractivity contribution in [2.24, 2.45) is 0 Å². The summed E-state index contributed by atoms with van der Waals surface area (Å²) in [5.74, 6) is 0. The molecular weight excluding hydrogens is 162 g/mol. The number of hydrogen-bond donors (Lipinski definition) is 1. The Morgan fingerprint density at radius 1 is 1.46 bits per heavy atom. The highest BCUT2D eigenvalue weighted by molar-refractivity contribution is 5.08. The Hall–Kier alpha value is -0.890. The predicted molar refractivity (Wildman–Crippen MR) is 53.5 cm³/mol. The third-order valence-corrected chi connectivity index (χ3v) is 1.98. The van der Waals surface area contributed by atoms with E-state index in [4.69, 9.17) is 0 Å². The fourth-order valence-electron chi connectivity index (χ4n) is 1.27. The Bertz CT molecular complexity index is 238. The van der Waals surface area contributed by atoms with Gasteiger partial charge in [0.05, 0.1) is 5.60 Å². The van der Waals surface area contributed by atoms with Gasteiger partial charge < -0.3 is 5.11 Å². The largest absolute Gasteiger partial charge is 0.390 e. The molecule has 0 saturated carbocycles. The van der Waals surface area contributed by atoms with Gasteiger partial charge in [0.15, 0.2) is 0 Å². The van der Waals surface area contributed by atoms with Crippen molar-refractivity contribution in [3.8, 4) is 0 Å². The maximum atomic E-state index is 9.48. The highest BCUT2D eigenvalue weighted by Gasteiger charge is 2.11. The molecule has 0 amide bonds. The van der Waals surface area contributed by atoms with Gasteiger partial charge >= 0.3 is 0 Å². The molecule has 0 radical (unpaired) electrons. The number of aliphatic hydroxyl groups is 1. The molecule has 2 heteroatoms. The first kappa shape index (κ1) is 10.2. The molecule has 1 aromatic heterocycles. The Kier molecular flexibility index (Phi) is 3.43. The second-order valence-electron chi connectivity index (χ2n) is 4.03. The maximum Gasteiger partial charge on any atom is 0.0591 e.